The molecule has 1 saturated heterocycles. The molecule has 2 aromatic rings. The van der Waals surface area contributed by atoms with Gasteiger partial charge in [-0.05, 0) is 12.5 Å². The number of nitrogens with zero attached hydrogens (tertiary/aromatic N) is 2. The van der Waals surface area contributed by atoms with E-state index in [0.29, 0.717) is 6.42 Å². The van der Waals surface area contributed by atoms with E-state index in [1.807, 2.05) is 0 Å². The summed E-state index contributed by atoms with van der Waals surface area (Å²) >= 11 is 5.56. The highest BCUT2D eigenvalue weighted by molar-refractivity contribution is 6.30. The molecule has 4 rings (SSSR count). The van der Waals surface area contributed by atoms with E-state index in [4.69, 9.17) is 21.1 Å². The standard InChI is InChI=1S/C22H20ClF4N3O5/c1-34-20-18-22(33)30(8-15(25)26)14-9-35-5-4-13(14)29(18)7-11(19(20)31)21(32)28-6-10-2-3-12(24)16(23)17(10)27/h2-3,7,13-15H,4-6,8-9H2,1H3,(H,28,32)/t13-,14+/m0/s1. The van der Waals surface area contributed by atoms with Crippen LogP contribution in [0.2, 0.25) is 5.02 Å². The number of benzene rings is 1. The Balaban J connectivity index is 1.72. The van der Waals surface area contributed by atoms with Crippen LogP contribution < -0.4 is 15.5 Å². The normalized spacial score (nSPS) is 19.4. The van der Waals surface area contributed by atoms with E-state index in [1.54, 1.807) is 0 Å². The number of carbonyl (C=O) groups is 2. The van der Waals surface area contributed by atoms with Crippen LogP contribution in [0.15, 0.2) is 23.1 Å². The van der Waals surface area contributed by atoms with Gasteiger partial charge in [0.25, 0.3) is 18.2 Å². The predicted molar refractivity (Wildman–Crippen MR) is 115 cm³/mol. The van der Waals surface area contributed by atoms with Crippen LogP contribution in [0.1, 0.15) is 38.9 Å². The van der Waals surface area contributed by atoms with Crippen molar-refractivity contribution in [3.63, 3.8) is 0 Å². The van der Waals surface area contributed by atoms with Crippen molar-refractivity contribution in [2.24, 2.45) is 0 Å². The van der Waals surface area contributed by atoms with Crippen molar-refractivity contribution in [2.45, 2.75) is 31.5 Å². The molecule has 0 radical (unpaired) electrons. The van der Waals surface area contributed by atoms with Crippen LogP contribution in [-0.4, -0.2) is 60.6 Å². The molecule has 0 spiro atoms. The van der Waals surface area contributed by atoms with E-state index in [9.17, 15) is 31.9 Å². The van der Waals surface area contributed by atoms with Crippen molar-refractivity contribution in [3.05, 3.63) is 62.0 Å². The number of pyridine rings is 1. The van der Waals surface area contributed by atoms with Crippen LogP contribution in [0.4, 0.5) is 17.6 Å². The zero-order valence-corrected chi connectivity index (χ0v) is 19.1. The number of amides is 2. The minimum atomic E-state index is -2.81. The Morgan fingerprint density at radius 3 is 2.71 bits per heavy atom. The number of rotatable bonds is 6. The molecule has 2 aliphatic heterocycles. The molecule has 2 atom stereocenters. The summed E-state index contributed by atoms with van der Waals surface area (Å²) in [6.07, 6.45) is -1.31. The number of ether oxygens (including phenoxy) is 2. The molecule has 1 aromatic carbocycles. The molecule has 8 nitrogen and oxygen atoms in total. The van der Waals surface area contributed by atoms with Crippen LogP contribution in [0.3, 0.4) is 0 Å². The molecule has 0 aliphatic carbocycles. The fraction of sp³-hybridized carbons (Fsp3) is 0.409. The molecular weight excluding hydrogens is 498 g/mol. The first-order valence-electron chi connectivity index (χ1n) is 10.6. The van der Waals surface area contributed by atoms with Crippen molar-refractivity contribution >= 4 is 23.4 Å². The van der Waals surface area contributed by atoms with Crippen LogP contribution in [0, 0.1) is 11.6 Å². The van der Waals surface area contributed by atoms with Gasteiger partial charge in [0.1, 0.15) is 22.2 Å². The van der Waals surface area contributed by atoms with Gasteiger partial charge in [0, 0.05) is 24.9 Å². The second kappa shape index (κ2) is 9.86. The Labute approximate surface area is 201 Å². The average Bonchev–Trinajstić information content (AvgIpc) is 2.84. The van der Waals surface area contributed by atoms with Crippen molar-refractivity contribution in [3.8, 4) is 5.75 Å². The number of aromatic nitrogens is 1. The number of nitrogens with one attached hydrogen (secondary N) is 1. The van der Waals surface area contributed by atoms with E-state index >= 15 is 0 Å². The summed E-state index contributed by atoms with van der Waals surface area (Å²) in [7, 11) is 1.12. The maximum atomic E-state index is 14.2. The van der Waals surface area contributed by atoms with Crippen molar-refractivity contribution in [2.75, 3.05) is 26.9 Å². The molecule has 3 heterocycles. The summed E-state index contributed by atoms with van der Waals surface area (Å²) in [5.74, 6) is -4.24. The topological polar surface area (TPSA) is 89.9 Å². The molecule has 2 aliphatic rings. The van der Waals surface area contributed by atoms with Gasteiger partial charge in [-0.3, -0.25) is 14.4 Å². The lowest BCUT2D eigenvalue weighted by Crippen LogP contribution is -2.57. The quantitative estimate of drug-likeness (QED) is 0.470. The van der Waals surface area contributed by atoms with Crippen LogP contribution in [0.5, 0.6) is 5.75 Å². The zero-order valence-electron chi connectivity index (χ0n) is 18.3. The van der Waals surface area contributed by atoms with E-state index in [2.05, 4.69) is 5.32 Å². The Bertz CT molecular complexity index is 1240. The SMILES string of the molecule is COc1c2n(cc(C(=O)NCc3ccc(F)c(Cl)c3F)c1=O)[C@H]1CCOC[C@H]1N(CC(F)F)C2=O. The van der Waals surface area contributed by atoms with Gasteiger partial charge in [-0.1, -0.05) is 17.7 Å². The number of fused-ring (bicyclic) bond motifs is 3. The smallest absolute Gasteiger partial charge is 0.275 e. The lowest BCUT2D eigenvalue weighted by molar-refractivity contribution is -0.0339. The maximum Gasteiger partial charge on any atom is 0.275 e. The Morgan fingerprint density at radius 1 is 1.29 bits per heavy atom. The number of hydrogen-bond donors (Lipinski definition) is 1. The number of hydrogen-bond acceptors (Lipinski definition) is 5. The van der Waals surface area contributed by atoms with Crippen LogP contribution >= 0.6 is 11.6 Å². The molecule has 2 amide bonds. The fourth-order valence-corrected chi connectivity index (χ4v) is 4.57. The summed E-state index contributed by atoms with van der Waals surface area (Å²) < 4.78 is 65.9. The minimum absolute atomic E-state index is 0.00312. The number of alkyl halides is 2. The Kier molecular flexibility index (Phi) is 7.04. The zero-order chi connectivity index (χ0) is 25.4. The van der Waals surface area contributed by atoms with E-state index < -0.39 is 76.8 Å². The predicted octanol–water partition coefficient (Wildman–Crippen LogP) is 2.77. The fourth-order valence-electron chi connectivity index (χ4n) is 4.39. The minimum Gasteiger partial charge on any atom is -0.491 e. The first-order chi connectivity index (χ1) is 16.6. The summed E-state index contributed by atoms with van der Waals surface area (Å²) in [4.78, 5) is 40.0. The number of methoxy groups -OCH3 is 1. The van der Waals surface area contributed by atoms with Gasteiger partial charge >= 0.3 is 0 Å². The van der Waals surface area contributed by atoms with Crippen molar-refractivity contribution in [1.82, 2.24) is 14.8 Å². The molecule has 0 bridgehead atoms. The van der Waals surface area contributed by atoms with Gasteiger partial charge in [0.05, 0.1) is 32.3 Å². The van der Waals surface area contributed by atoms with Gasteiger partial charge in [0.2, 0.25) is 5.43 Å². The lowest BCUT2D eigenvalue weighted by Gasteiger charge is -2.45. The van der Waals surface area contributed by atoms with E-state index in [-0.39, 0.29) is 24.5 Å². The molecule has 1 aromatic heterocycles. The second-order valence-electron chi connectivity index (χ2n) is 8.03. The monoisotopic (exact) mass is 517 g/mol. The third-order valence-corrected chi connectivity index (χ3v) is 6.39. The number of carbonyl (C=O) groups excluding carboxylic acids is 2. The van der Waals surface area contributed by atoms with E-state index in [0.717, 1.165) is 24.1 Å². The maximum absolute atomic E-state index is 14.2. The van der Waals surface area contributed by atoms with Gasteiger partial charge in [-0.25, -0.2) is 17.6 Å². The first kappa shape index (κ1) is 25.0. The summed E-state index contributed by atoms with van der Waals surface area (Å²) in [6, 6.07) is 0.743. The Hall–Kier alpha value is -3.12. The largest absolute Gasteiger partial charge is 0.491 e. The molecule has 0 saturated carbocycles. The van der Waals surface area contributed by atoms with Crippen LogP contribution in [0.25, 0.3) is 0 Å². The highest BCUT2D eigenvalue weighted by Gasteiger charge is 2.44. The van der Waals surface area contributed by atoms with Crippen molar-refractivity contribution in [1.29, 1.82) is 0 Å². The molecule has 13 heteroatoms. The van der Waals surface area contributed by atoms with Crippen LogP contribution in [-0.2, 0) is 11.3 Å². The van der Waals surface area contributed by atoms with Crippen molar-refractivity contribution < 1.29 is 36.6 Å². The lowest BCUT2D eigenvalue weighted by atomic mass is 9.95. The van der Waals surface area contributed by atoms with E-state index in [1.165, 1.54) is 10.8 Å². The molecule has 35 heavy (non-hydrogen) atoms. The van der Waals surface area contributed by atoms with Gasteiger partial charge < -0.3 is 24.3 Å². The third kappa shape index (κ3) is 4.47. The second-order valence-corrected chi connectivity index (χ2v) is 8.40. The van der Waals surface area contributed by atoms with Gasteiger partial charge in [0.15, 0.2) is 11.4 Å². The van der Waals surface area contributed by atoms with Gasteiger partial charge in [-0.15, -0.1) is 0 Å². The highest BCUT2D eigenvalue weighted by atomic mass is 35.5. The molecule has 188 valence electrons. The number of halogens is 5. The summed E-state index contributed by atoms with van der Waals surface area (Å²) in [5, 5.41) is 1.64. The summed E-state index contributed by atoms with van der Waals surface area (Å²) in [5.41, 5.74) is -1.70. The average molecular weight is 518 g/mol. The highest BCUT2D eigenvalue weighted by Crippen LogP contribution is 2.36. The summed E-state index contributed by atoms with van der Waals surface area (Å²) in [6.45, 7) is -0.981. The van der Waals surface area contributed by atoms with Gasteiger partial charge in [-0.2, -0.15) is 0 Å². The third-order valence-electron chi connectivity index (χ3n) is 6.04. The molecule has 1 N–H and O–H groups in total. The molecule has 0 unspecified atom stereocenters. The molecular formula is C22H20ClF4N3O5. The Morgan fingerprint density at radius 2 is 2.03 bits per heavy atom. The molecule has 1 fully saturated rings. The first-order valence-corrected chi connectivity index (χ1v) is 10.9.